The zero-order valence-electron chi connectivity index (χ0n) is 24.5. The van der Waals surface area contributed by atoms with Crippen molar-refractivity contribution in [3.8, 4) is 23.0 Å². The van der Waals surface area contributed by atoms with Gasteiger partial charge in [0, 0.05) is 41.4 Å². The van der Waals surface area contributed by atoms with Crippen molar-refractivity contribution in [1.82, 2.24) is 24.6 Å². The Labute approximate surface area is 252 Å². The van der Waals surface area contributed by atoms with Crippen LogP contribution in [0.1, 0.15) is 53.1 Å². The summed E-state index contributed by atoms with van der Waals surface area (Å²) in [6.07, 6.45) is 1.84. The number of hydrogen-bond acceptors (Lipinski definition) is 8. The summed E-state index contributed by atoms with van der Waals surface area (Å²) in [5.41, 5.74) is 8.70. The molecular weight excluding hydrogens is 567 g/mol. The van der Waals surface area contributed by atoms with Gasteiger partial charge in [-0.25, -0.2) is 14.4 Å². The number of aromatic amines is 1. The van der Waals surface area contributed by atoms with Gasteiger partial charge in [-0.15, -0.1) is 0 Å². The maximum Gasteiger partial charge on any atom is 0.280 e. The zero-order valence-corrected chi connectivity index (χ0v) is 24.5. The van der Waals surface area contributed by atoms with Crippen molar-refractivity contribution in [2.45, 2.75) is 38.8 Å². The average Bonchev–Trinajstić information content (AvgIpc) is 3.60. The number of aromatic nitrogens is 4. The predicted octanol–water partition coefficient (Wildman–Crippen LogP) is 4.51. The van der Waals surface area contributed by atoms with Gasteiger partial charge in [-0.1, -0.05) is 12.1 Å². The van der Waals surface area contributed by atoms with E-state index in [0.717, 1.165) is 60.1 Å². The van der Waals surface area contributed by atoms with E-state index in [9.17, 15) is 14.0 Å². The van der Waals surface area contributed by atoms with Crippen LogP contribution in [-0.2, 0) is 20.2 Å². The number of nitrogens with one attached hydrogen (secondary N) is 1. The van der Waals surface area contributed by atoms with Crippen LogP contribution in [-0.4, -0.2) is 50.2 Å². The highest BCUT2D eigenvalue weighted by Crippen LogP contribution is 2.34. The van der Waals surface area contributed by atoms with E-state index >= 15 is 0 Å². The molecule has 0 bridgehead atoms. The van der Waals surface area contributed by atoms with Crippen LogP contribution in [0.15, 0.2) is 63.9 Å². The summed E-state index contributed by atoms with van der Waals surface area (Å²) in [6.45, 7) is 4.81. The average molecular weight is 601 g/mol. The van der Waals surface area contributed by atoms with Gasteiger partial charge in [0.15, 0.2) is 5.76 Å². The summed E-state index contributed by atoms with van der Waals surface area (Å²) < 4.78 is 33.5. The highest BCUT2D eigenvalue weighted by Gasteiger charge is 2.24. The second-order valence-electron chi connectivity index (χ2n) is 10.8. The Morgan fingerprint density at radius 2 is 1.93 bits per heavy atom. The van der Waals surface area contributed by atoms with Crippen molar-refractivity contribution in [3.63, 3.8) is 0 Å². The molecule has 1 amide bonds. The normalized spacial score (nSPS) is 14.2. The molecule has 4 heterocycles. The van der Waals surface area contributed by atoms with Crippen LogP contribution < -0.4 is 20.8 Å². The molecule has 1 aliphatic heterocycles. The first-order valence-corrected chi connectivity index (χ1v) is 14.5. The van der Waals surface area contributed by atoms with Crippen LogP contribution in [0.5, 0.6) is 11.6 Å². The third-order valence-electron chi connectivity index (χ3n) is 7.98. The third kappa shape index (κ3) is 6.06. The number of nitrogens with two attached hydrogens (primary N) is 1. The number of carbonyl (C=O) groups excluding carboxylic acids is 1. The highest BCUT2D eigenvalue weighted by molar-refractivity contribution is 5.92. The molecular formula is C32H33FN6O5. The lowest BCUT2D eigenvalue weighted by atomic mass is 9.93. The summed E-state index contributed by atoms with van der Waals surface area (Å²) in [4.78, 5) is 34.9. The van der Waals surface area contributed by atoms with Gasteiger partial charge in [0.05, 0.1) is 24.7 Å². The summed E-state index contributed by atoms with van der Waals surface area (Å²) >= 11 is 0. The number of hydrogen-bond donors (Lipinski definition) is 2. The van der Waals surface area contributed by atoms with Crippen LogP contribution in [0, 0.1) is 5.82 Å². The summed E-state index contributed by atoms with van der Waals surface area (Å²) in [5, 5.41) is 2.34. The molecule has 0 atom stereocenters. The first-order chi connectivity index (χ1) is 21.3. The lowest BCUT2D eigenvalue weighted by Crippen LogP contribution is -2.33. The molecule has 2 aromatic carbocycles. The van der Waals surface area contributed by atoms with Gasteiger partial charge in [-0.2, -0.15) is 5.16 Å². The lowest BCUT2D eigenvalue weighted by Gasteiger charge is -2.31. The smallest absolute Gasteiger partial charge is 0.280 e. The Hall–Kier alpha value is -4.97. The Balaban J connectivity index is 1.11. The highest BCUT2D eigenvalue weighted by atomic mass is 19.1. The minimum atomic E-state index is -0.680. The second-order valence-corrected chi connectivity index (χ2v) is 10.8. The van der Waals surface area contributed by atoms with Gasteiger partial charge in [0.25, 0.3) is 5.56 Å². The fraction of sp³-hybridized carbons (Fsp3) is 0.312. The van der Waals surface area contributed by atoms with Gasteiger partial charge in [0.1, 0.15) is 29.5 Å². The Bertz CT molecular complexity index is 1870. The molecule has 6 rings (SSSR count). The molecule has 0 spiro atoms. The number of pyridine rings is 1. The van der Waals surface area contributed by atoms with Crippen LogP contribution in [0.4, 0.5) is 4.39 Å². The summed E-state index contributed by atoms with van der Waals surface area (Å²) in [7, 11) is 1.98. The number of ether oxygens (including phenoxy) is 2. The molecule has 1 aliphatic rings. The fourth-order valence-corrected chi connectivity index (χ4v) is 5.57. The number of primary amides is 1. The van der Waals surface area contributed by atoms with Gasteiger partial charge in [-0.05, 0) is 63.2 Å². The van der Waals surface area contributed by atoms with E-state index in [0.29, 0.717) is 36.1 Å². The van der Waals surface area contributed by atoms with E-state index in [1.807, 2.05) is 38.2 Å². The Kier molecular flexibility index (Phi) is 8.16. The molecule has 0 radical (unpaired) electrons. The zero-order chi connectivity index (χ0) is 30.8. The number of piperidine rings is 1. The van der Waals surface area contributed by atoms with Gasteiger partial charge >= 0.3 is 0 Å². The van der Waals surface area contributed by atoms with Crippen molar-refractivity contribution in [3.05, 3.63) is 93.4 Å². The summed E-state index contributed by atoms with van der Waals surface area (Å²) in [5.74, 6) is 1.46. The first kappa shape index (κ1) is 29.1. The molecule has 0 unspecified atom stereocenters. The number of amides is 1. The van der Waals surface area contributed by atoms with E-state index in [1.165, 1.54) is 18.2 Å². The van der Waals surface area contributed by atoms with E-state index in [1.54, 1.807) is 6.07 Å². The molecule has 3 N–H and O–H groups in total. The minimum absolute atomic E-state index is 0.00999. The molecule has 0 saturated carbocycles. The number of rotatable bonds is 10. The van der Waals surface area contributed by atoms with E-state index in [4.69, 9.17) is 29.7 Å². The van der Waals surface area contributed by atoms with Gasteiger partial charge < -0.3 is 24.3 Å². The lowest BCUT2D eigenvalue weighted by molar-refractivity contribution is 0.0999. The molecule has 11 nitrogen and oxygen atoms in total. The number of nitrogens with zero attached hydrogens (tertiary/aromatic N) is 4. The van der Waals surface area contributed by atoms with Gasteiger partial charge in [0.2, 0.25) is 11.8 Å². The number of imidazole rings is 1. The SMILES string of the molecule is CCOc1cc(-c2cc(=O)[nH]o2)cc2c1nc(CN1CCC(c3cccc(OCc4ccc(C(N)=O)cc4F)n3)CC1)n2C. The molecule has 1 saturated heterocycles. The molecule has 3 aromatic heterocycles. The molecule has 44 heavy (non-hydrogen) atoms. The number of halogens is 1. The Morgan fingerprint density at radius 3 is 2.64 bits per heavy atom. The third-order valence-corrected chi connectivity index (χ3v) is 7.98. The molecule has 12 heteroatoms. The first-order valence-electron chi connectivity index (χ1n) is 14.5. The van der Waals surface area contributed by atoms with Crippen molar-refractivity contribution in [1.29, 1.82) is 0 Å². The standard InChI is InChI=1S/C32H33FN6O5/c1-3-42-27-15-22(26-16-29(40)37-44-26)14-25-31(27)36-28(38(25)2)17-39-11-9-19(10-12-39)24-5-4-6-30(35-24)43-18-21-8-7-20(32(34)41)13-23(21)33/h4-8,13-16,19H,3,9-12,17-18H2,1-2H3,(H2,34,41)(H,37,40). The topological polar surface area (TPSA) is 142 Å². The van der Waals surface area contributed by atoms with E-state index in [-0.39, 0.29) is 23.6 Å². The quantitative estimate of drug-likeness (QED) is 0.239. The fourth-order valence-electron chi connectivity index (χ4n) is 5.57. The maximum absolute atomic E-state index is 14.4. The van der Waals surface area contributed by atoms with E-state index < -0.39 is 11.7 Å². The maximum atomic E-state index is 14.4. The monoisotopic (exact) mass is 600 g/mol. The number of carbonyl (C=O) groups is 1. The Morgan fingerprint density at radius 1 is 1.11 bits per heavy atom. The molecule has 228 valence electrons. The van der Waals surface area contributed by atoms with Crippen molar-refractivity contribution >= 4 is 16.9 Å². The molecule has 5 aromatic rings. The summed E-state index contributed by atoms with van der Waals surface area (Å²) in [6, 6.07) is 15.0. The van der Waals surface area contributed by atoms with Crippen LogP contribution in [0.25, 0.3) is 22.4 Å². The van der Waals surface area contributed by atoms with Crippen molar-refractivity contribution < 1.29 is 23.2 Å². The predicted molar refractivity (Wildman–Crippen MR) is 161 cm³/mol. The molecule has 0 aliphatic carbocycles. The second kappa shape index (κ2) is 12.3. The number of benzene rings is 2. The number of likely N-dealkylation sites (tertiary alicyclic amines) is 1. The number of H-pyrrole nitrogens is 1. The largest absolute Gasteiger partial charge is 0.492 e. The number of aryl methyl sites for hydroxylation is 1. The van der Waals surface area contributed by atoms with Crippen LogP contribution in [0.2, 0.25) is 0 Å². The minimum Gasteiger partial charge on any atom is -0.492 e. The van der Waals surface area contributed by atoms with Crippen molar-refractivity contribution in [2.24, 2.45) is 12.8 Å². The van der Waals surface area contributed by atoms with Crippen molar-refractivity contribution in [2.75, 3.05) is 19.7 Å². The van der Waals surface area contributed by atoms with Crippen LogP contribution in [0.3, 0.4) is 0 Å². The number of fused-ring (bicyclic) bond motifs is 1. The van der Waals surface area contributed by atoms with E-state index in [2.05, 4.69) is 14.6 Å². The van der Waals surface area contributed by atoms with Crippen LogP contribution >= 0.6 is 0 Å². The van der Waals surface area contributed by atoms with Gasteiger partial charge in [-0.3, -0.25) is 14.5 Å². The molecule has 1 fully saturated rings.